The number of hydrogen-bond acceptors (Lipinski definition) is 10. The van der Waals surface area contributed by atoms with Gasteiger partial charge in [0.15, 0.2) is 0 Å². The molecule has 10 nitrogen and oxygen atoms in total. The lowest BCUT2D eigenvalue weighted by Crippen LogP contribution is -2.17. The molecule has 0 amide bonds. The van der Waals surface area contributed by atoms with Crippen molar-refractivity contribution in [3.63, 3.8) is 0 Å². The lowest BCUT2D eigenvalue weighted by molar-refractivity contribution is 0.739. The zero-order valence-electron chi connectivity index (χ0n) is 16.1. The van der Waals surface area contributed by atoms with Crippen LogP contribution >= 0.6 is 23.2 Å². The molecule has 0 radical (unpaired) electrons. The van der Waals surface area contributed by atoms with Gasteiger partial charge in [-0.05, 0) is 36.0 Å². The van der Waals surface area contributed by atoms with Crippen molar-refractivity contribution >= 4 is 47.0 Å². The fraction of sp³-hybridized carbons (Fsp3) is 0.625. The highest BCUT2D eigenvalue weighted by molar-refractivity contribution is 6.28. The van der Waals surface area contributed by atoms with Crippen LogP contribution in [0, 0.1) is 0 Å². The van der Waals surface area contributed by atoms with E-state index >= 15 is 0 Å². The lowest BCUT2D eigenvalue weighted by Gasteiger charge is -2.10. The molecule has 4 N–H and O–H groups in total. The van der Waals surface area contributed by atoms with Gasteiger partial charge in [0, 0.05) is 13.1 Å². The van der Waals surface area contributed by atoms with Crippen molar-refractivity contribution in [1.82, 2.24) is 29.9 Å². The largest absolute Gasteiger partial charge is 0.354 e. The van der Waals surface area contributed by atoms with Crippen LogP contribution in [0.1, 0.15) is 52.4 Å². The van der Waals surface area contributed by atoms with Crippen LogP contribution in [0.4, 0.5) is 23.8 Å². The van der Waals surface area contributed by atoms with Crippen molar-refractivity contribution in [1.29, 1.82) is 0 Å². The van der Waals surface area contributed by atoms with Crippen LogP contribution in [0.3, 0.4) is 0 Å². The Morgan fingerprint density at radius 3 is 1.36 bits per heavy atom. The molecule has 0 aliphatic rings. The average molecular weight is 429 g/mol. The van der Waals surface area contributed by atoms with E-state index in [0.717, 1.165) is 51.6 Å². The predicted molar refractivity (Wildman–Crippen MR) is 113 cm³/mol. The van der Waals surface area contributed by atoms with E-state index < -0.39 is 0 Å². The summed E-state index contributed by atoms with van der Waals surface area (Å²) < 4.78 is 0. The Labute approximate surface area is 174 Å². The van der Waals surface area contributed by atoms with Gasteiger partial charge in [-0.1, -0.05) is 39.5 Å². The Hall–Kier alpha value is -2.20. The molecule has 0 aromatic carbocycles. The summed E-state index contributed by atoms with van der Waals surface area (Å²) in [5.74, 6) is 1.25. The zero-order valence-corrected chi connectivity index (χ0v) is 17.6. The first-order valence-corrected chi connectivity index (χ1v) is 10.2. The van der Waals surface area contributed by atoms with E-state index in [9.17, 15) is 0 Å². The summed E-state index contributed by atoms with van der Waals surface area (Å²) in [4.78, 5) is 24.6. The summed E-state index contributed by atoms with van der Waals surface area (Å²) >= 11 is 11.9. The maximum absolute atomic E-state index is 5.96. The van der Waals surface area contributed by atoms with Crippen LogP contribution in [-0.2, 0) is 0 Å². The molecule has 2 rings (SSSR count). The van der Waals surface area contributed by atoms with Gasteiger partial charge in [-0.2, -0.15) is 29.9 Å². The smallest absolute Gasteiger partial charge is 0.247 e. The summed E-state index contributed by atoms with van der Waals surface area (Å²) in [5.41, 5.74) is 5.60. The molecule has 2 aromatic heterocycles. The molecule has 0 fully saturated rings. The number of halogens is 2. The van der Waals surface area contributed by atoms with Gasteiger partial charge < -0.3 is 10.6 Å². The van der Waals surface area contributed by atoms with Crippen LogP contribution < -0.4 is 21.5 Å². The van der Waals surface area contributed by atoms with E-state index in [0.29, 0.717) is 11.9 Å². The molecule has 2 aromatic rings. The van der Waals surface area contributed by atoms with Gasteiger partial charge in [-0.15, -0.1) is 0 Å². The second-order valence-electron chi connectivity index (χ2n) is 6.02. The van der Waals surface area contributed by atoms with Gasteiger partial charge in [-0.25, -0.2) is 0 Å². The highest BCUT2D eigenvalue weighted by Gasteiger charge is 2.07. The van der Waals surface area contributed by atoms with Crippen LogP contribution in [0.5, 0.6) is 0 Å². The minimum Gasteiger partial charge on any atom is -0.354 e. The Kier molecular flexibility index (Phi) is 9.70. The number of nitrogens with zero attached hydrogens (tertiary/aromatic N) is 6. The molecule has 2 heterocycles. The van der Waals surface area contributed by atoms with Crippen molar-refractivity contribution in [2.75, 3.05) is 34.6 Å². The van der Waals surface area contributed by atoms with Crippen LogP contribution in [0.15, 0.2) is 0 Å². The molecule has 0 saturated heterocycles. The van der Waals surface area contributed by atoms with Gasteiger partial charge in [0.25, 0.3) is 0 Å². The maximum atomic E-state index is 5.96. The van der Waals surface area contributed by atoms with Crippen molar-refractivity contribution < 1.29 is 0 Å². The molecule has 0 aliphatic carbocycles. The minimum absolute atomic E-state index is 0.0734. The molecule has 28 heavy (non-hydrogen) atoms. The van der Waals surface area contributed by atoms with Crippen molar-refractivity contribution in [3.05, 3.63) is 10.6 Å². The Morgan fingerprint density at radius 2 is 0.964 bits per heavy atom. The summed E-state index contributed by atoms with van der Waals surface area (Å²) in [6, 6.07) is 0. The first kappa shape index (κ1) is 22.1. The quantitative estimate of drug-likeness (QED) is 0.274. The van der Waals surface area contributed by atoms with Crippen LogP contribution in [0.2, 0.25) is 10.6 Å². The highest BCUT2D eigenvalue weighted by Crippen LogP contribution is 2.12. The van der Waals surface area contributed by atoms with E-state index in [1.165, 1.54) is 0 Å². The monoisotopic (exact) mass is 428 g/mol. The van der Waals surface area contributed by atoms with Gasteiger partial charge in [-0.3, -0.25) is 10.9 Å². The lowest BCUT2D eigenvalue weighted by atomic mass is 10.2. The standard InChI is InChI=1S/C16H26Cl2N10/c1-3-5-7-9-19-13-21-11(17)23-15(25-13)27-28-16-24-12(18)22-14(26-16)20-10-8-6-4-2/h3-10H2,1-2H3,(H2,19,21,23,25,27)(H2,20,22,24,26,28). The zero-order chi connectivity index (χ0) is 20.2. The summed E-state index contributed by atoms with van der Waals surface area (Å²) in [6.07, 6.45) is 6.60. The average Bonchev–Trinajstić information content (AvgIpc) is 2.66. The van der Waals surface area contributed by atoms with Gasteiger partial charge >= 0.3 is 0 Å². The number of anilines is 4. The first-order valence-electron chi connectivity index (χ1n) is 9.43. The molecule has 0 aliphatic heterocycles. The van der Waals surface area contributed by atoms with Crippen molar-refractivity contribution in [2.45, 2.75) is 52.4 Å². The number of rotatable bonds is 13. The molecule has 0 atom stereocenters. The second-order valence-corrected chi connectivity index (χ2v) is 6.70. The van der Waals surface area contributed by atoms with Crippen molar-refractivity contribution in [3.8, 4) is 0 Å². The van der Waals surface area contributed by atoms with Gasteiger partial charge in [0.05, 0.1) is 0 Å². The number of hydrogen-bond donors (Lipinski definition) is 4. The van der Waals surface area contributed by atoms with Crippen molar-refractivity contribution in [2.24, 2.45) is 0 Å². The summed E-state index contributed by atoms with van der Waals surface area (Å²) in [5, 5.41) is 6.39. The van der Waals surface area contributed by atoms with Gasteiger partial charge in [0.1, 0.15) is 0 Å². The van der Waals surface area contributed by atoms with E-state index in [2.05, 4.69) is 65.2 Å². The molecule has 0 unspecified atom stereocenters. The van der Waals surface area contributed by atoms with E-state index in [1.54, 1.807) is 0 Å². The molecule has 12 heteroatoms. The first-order chi connectivity index (χ1) is 13.6. The van der Waals surface area contributed by atoms with E-state index in [-0.39, 0.29) is 22.5 Å². The van der Waals surface area contributed by atoms with E-state index in [4.69, 9.17) is 23.2 Å². The molecule has 0 spiro atoms. The third-order valence-electron chi connectivity index (χ3n) is 3.63. The fourth-order valence-corrected chi connectivity index (χ4v) is 2.55. The number of nitrogens with one attached hydrogen (secondary N) is 4. The Morgan fingerprint density at radius 1 is 0.571 bits per heavy atom. The highest BCUT2D eigenvalue weighted by atomic mass is 35.5. The fourth-order valence-electron chi connectivity index (χ4n) is 2.23. The third-order valence-corrected chi connectivity index (χ3v) is 3.97. The Bertz CT molecular complexity index is 669. The van der Waals surface area contributed by atoms with E-state index in [1.807, 2.05) is 0 Å². The van der Waals surface area contributed by atoms with Crippen LogP contribution in [-0.4, -0.2) is 43.0 Å². The van der Waals surface area contributed by atoms with Gasteiger partial charge in [0.2, 0.25) is 34.4 Å². The molecular weight excluding hydrogens is 403 g/mol. The second kappa shape index (κ2) is 12.3. The number of hydrazine groups is 1. The predicted octanol–water partition coefficient (Wildman–Crippen LogP) is 4.01. The third kappa shape index (κ3) is 8.22. The molecule has 0 saturated carbocycles. The summed E-state index contributed by atoms with van der Waals surface area (Å²) in [6.45, 7) is 5.81. The molecule has 0 bridgehead atoms. The minimum atomic E-state index is 0.0734. The number of unbranched alkanes of at least 4 members (excludes halogenated alkanes) is 4. The van der Waals surface area contributed by atoms with Crippen LogP contribution in [0.25, 0.3) is 0 Å². The summed E-state index contributed by atoms with van der Waals surface area (Å²) in [7, 11) is 0. The maximum Gasteiger partial charge on any atom is 0.247 e. The topological polar surface area (TPSA) is 125 Å². The molecular formula is C16H26Cl2N10. The molecule has 154 valence electrons. The SMILES string of the molecule is CCCCCNc1nc(Cl)nc(NNc2nc(Cl)nc(NCCCCC)n2)n1. The number of aromatic nitrogens is 6. The normalized spacial score (nSPS) is 10.6. The Balaban J connectivity index is 1.93.